The van der Waals surface area contributed by atoms with Gasteiger partial charge in [-0.15, -0.1) is 10.2 Å². The predicted octanol–water partition coefficient (Wildman–Crippen LogP) is 4.21. The highest BCUT2D eigenvalue weighted by Crippen LogP contribution is 2.44. The zero-order chi connectivity index (χ0) is 20.9. The Kier molecular flexibility index (Phi) is 4.32. The second kappa shape index (κ2) is 6.80. The topological polar surface area (TPSA) is 83.8 Å². The van der Waals surface area contributed by atoms with Gasteiger partial charge in [-0.2, -0.15) is 0 Å². The van der Waals surface area contributed by atoms with Crippen LogP contribution in [-0.4, -0.2) is 42.5 Å². The number of nitrogens with zero attached hydrogens (tertiary/aromatic N) is 4. The standard InChI is InChI=1S/C23H24FN5O/c1-22-5-3-6-23(2,29-22)20(24)15(11-22)8-17-13-26-21(28-27-17)18-9-14-4-7-25-12-16(14)10-19(18)30/h4,7-10,12-13,20,29-30H,3,5-6,11H2,1-2H3/b15-8+/t20-,22+,23-/m0/s1. The molecular weight excluding hydrogens is 381 g/mol. The molecule has 0 spiro atoms. The minimum atomic E-state index is -1.06. The van der Waals surface area contributed by atoms with Gasteiger partial charge in [-0.05, 0) is 74.8 Å². The summed E-state index contributed by atoms with van der Waals surface area (Å²) in [6.45, 7) is 4.13. The van der Waals surface area contributed by atoms with Gasteiger partial charge in [-0.1, -0.05) is 0 Å². The molecular formula is C23H24FN5O. The van der Waals surface area contributed by atoms with Crippen molar-refractivity contribution in [1.29, 1.82) is 0 Å². The fraction of sp³-hybridized carbons (Fsp3) is 0.391. The van der Waals surface area contributed by atoms with Crippen molar-refractivity contribution >= 4 is 16.8 Å². The molecule has 0 radical (unpaired) electrons. The normalized spacial score (nSPS) is 30.0. The highest BCUT2D eigenvalue weighted by Gasteiger charge is 2.50. The maximum absolute atomic E-state index is 15.3. The third kappa shape index (κ3) is 3.23. The largest absolute Gasteiger partial charge is 0.507 e. The number of rotatable bonds is 2. The Morgan fingerprint density at radius 3 is 2.83 bits per heavy atom. The average molecular weight is 405 g/mol. The zero-order valence-electron chi connectivity index (χ0n) is 17.1. The molecule has 154 valence electrons. The highest BCUT2D eigenvalue weighted by molar-refractivity contribution is 5.88. The van der Waals surface area contributed by atoms with Crippen LogP contribution in [-0.2, 0) is 0 Å². The number of fused-ring (bicyclic) bond motifs is 3. The van der Waals surface area contributed by atoms with Crippen molar-refractivity contribution in [3.63, 3.8) is 0 Å². The second-order valence-corrected chi connectivity index (χ2v) is 9.01. The number of aromatic nitrogens is 4. The Labute approximate surface area is 174 Å². The van der Waals surface area contributed by atoms with Gasteiger partial charge in [0.1, 0.15) is 17.6 Å². The van der Waals surface area contributed by atoms with Crippen LogP contribution in [0.2, 0.25) is 0 Å². The van der Waals surface area contributed by atoms with E-state index < -0.39 is 11.7 Å². The van der Waals surface area contributed by atoms with Gasteiger partial charge in [0, 0.05) is 23.3 Å². The smallest absolute Gasteiger partial charge is 0.185 e. The molecule has 0 aliphatic carbocycles. The molecule has 2 saturated heterocycles. The van der Waals surface area contributed by atoms with Crippen molar-refractivity contribution in [3.05, 3.63) is 48.1 Å². The molecule has 2 aliphatic heterocycles. The molecule has 6 nitrogen and oxygen atoms in total. The number of piperidine rings is 2. The third-order valence-electron chi connectivity index (χ3n) is 6.40. The maximum atomic E-state index is 15.3. The summed E-state index contributed by atoms with van der Waals surface area (Å²) in [5.74, 6) is 0.394. The minimum Gasteiger partial charge on any atom is -0.507 e. The molecule has 1 aromatic carbocycles. The molecule has 3 aromatic rings. The predicted molar refractivity (Wildman–Crippen MR) is 114 cm³/mol. The fourth-order valence-corrected chi connectivity index (χ4v) is 5.02. The number of hydrogen-bond donors (Lipinski definition) is 2. The van der Waals surface area contributed by atoms with Crippen LogP contribution in [0.5, 0.6) is 5.75 Å². The molecule has 30 heavy (non-hydrogen) atoms. The summed E-state index contributed by atoms with van der Waals surface area (Å²) in [6, 6.07) is 5.32. The summed E-state index contributed by atoms with van der Waals surface area (Å²) < 4.78 is 15.3. The molecule has 5 rings (SSSR count). The van der Waals surface area contributed by atoms with E-state index in [1.165, 1.54) is 0 Å². The molecule has 2 N–H and O–H groups in total. The zero-order valence-corrected chi connectivity index (χ0v) is 17.1. The van der Waals surface area contributed by atoms with E-state index in [1.54, 1.807) is 30.7 Å². The maximum Gasteiger partial charge on any atom is 0.185 e. The molecule has 2 aromatic heterocycles. The van der Waals surface area contributed by atoms with Crippen LogP contribution in [0.1, 0.15) is 45.2 Å². The van der Waals surface area contributed by atoms with Crippen molar-refractivity contribution in [1.82, 2.24) is 25.5 Å². The Bertz CT molecular complexity index is 1150. The number of phenols is 1. The fourth-order valence-electron chi connectivity index (χ4n) is 5.02. The number of benzene rings is 1. The van der Waals surface area contributed by atoms with Gasteiger partial charge in [0.05, 0.1) is 17.3 Å². The van der Waals surface area contributed by atoms with Crippen LogP contribution >= 0.6 is 0 Å². The summed E-state index contributed by atoms with van der Waals surface area (Å²) in [5.41, 5.74) is 1.13. The van der Waals surface area contributed by atoms with E-state index in [1.807, 2.05) is 19.1 Å². The van der Waals surface area contributed by atoms with Crippen LogP contribution in [0, 0.1) is 0 Å². The van der Waals surface area contributed by atoms with E-state index in [0.717, 1.165) is 35.6 Å². The lowest BCUT2D eigenvalue weighted by Crippen LogP contribution is -2.66. The van der Waals surface area contributed by atoms with Gasteiger partial charge in [0.25, 0.3) is 0 Å². The monoisotopic (exact) mass is 405 g/mol. The minimum absolute atomic E-state index is 0.0688. The number of pyridine rings is 1. The molecule has 7 heteroatoms. The molecule has 3 atom stereocenters. The van der Waals surface area contributed by atoms with E-state index in [9.17, 15) is 5.11 Å². The summed E-state index contributed by atoms with van der Waals surface area (Å²) in [4.78, 5) is 8.45. The number of nitrogens with one attached hydrogen (secondary N) is 1. The first kappa shape index (κ1) is 19.1. The van der Waals surface area contributed by atoms with Crippen molar-refractivity contribution in [2.45, 2.75) is 56.8 Å². The van der Waals surface area contributed by atoms with E-state index in [2.05, 4.69) is 32.4 Å². The van der Waals surface area contributed by atoms with Crippen LogP contribution in [0.3, 0.4) is 0 Å². The molecule has 2 aliphatic rings. The van der Waals surface area contributed by atoms with Crippen LogP contribution in [0.4, 0.5) is 4.39 Å². The second-order valence-electron chi connectivity index (χ2n) is 9.01. The molecule has 4 heterocycles. The van der Waals surface area contributed by atoms with Gasteiger partial charge in [-0.25, -0.2) is 9.37 Å². The van der Waals surface area contributed by atoms with E-state index >= 15 is 4.39 Å². The van der Waals surface area contributed by atoms with Gasteiger partial charge >= 0.3 is 0 Å². The van der Waals surface area contributed by atoms with Crippen molar-refractivity contribution in [2.75, 3.05) is 0 Å². The average Bonchev–Trinajstić information content (AvgIpc) is 2.72. The quantitative estimate of drug-likeness (QED) is 0.665. The summed E-state index contributed by atoms with van der Waals surface area (Å²) >= 11 is 0. The van der Waals surface area contributed by atoms with E-state index in [-0.39, 0.29) is 11.3 Å². The van der Waals surface area contributed by atoms with Crippen molar-refractivity contribution in [3.8, 4) is 17.1 Å². The number of aromatic hydroxyl groups is 1. The lowest BCUT2D eigenvalue weighted by atomic mass is 9.68. The first-order valence-electron chi connectivity index (χ1n) is 10.3. The van der Waals surface area contributed by atoms with Crippen LogP contribution in [0.25, 0.3) is 28.2 Å². The highest BCUT2D eigenvalue weighted by atomic mass is 19.1. The summed E-state index contributed by atoms with van der Waals surface area (Å²) in [5, 5.41) is 24.1. The van der Waals surface area contributed by atoms with E-state index in [0.29, 0.717) is 23.5 Å². The molecule has 2 bridgehead atoms. The van der Waals surface area contributed by atoms with Crippen molar-refractivity contribution < 1.29 is 9.50 Å². The van der Waals surface area contributed by atoms with E-state index in [4.69, 9.17) is 0 Å². The van der Waals surface area contributed by atoms with Crippen LogP contribution < -0.4 is 5.32 Å². The Morgan fingerprint density at radius 1 is 1.17 bits per heavy atom. The van der Waals surface area contributed by atoms with Gasteiger partial charge in [0.2, 0.25) is 0 Å². The molecule has 2 fully saturated rings. The van der Waals surface area contributed by atoms with Gasteiger partial charge < -0.3 is 10.4 Å². The first-order chi connectivity index (χ1) is 14.4. The van der Waals surface area contributed by atoms with Gasteiger partial charge in [0.15, 0.2) is 5.82 Å². The number of phenolic OH excluding ortho intramolecular Hbond substituents is 1. The Balaban J connectivity index is 1.46. The molecule has 0 amide bonds. The van der Waals surface area contributed by atoms with Gasteiger partial charge in [-0.3, -0.25) is 4.98 Å². The Morgan fingerprint density at radius 2 is 2.03 bits per heavy atom. The number of hydrogen-bond acceptors (Lipinski definition) is 6. The lowest BCUT2D eigenvalue weighted by Gasteiger charge is -2.53. The third-order valence-corrected chi connectivity index (χ3v) is 6.40. The molecule has 0 unspecified atom stereocenters. The summed E-state index contributed by atoms with van der Waals surface area (Å²) in [6.07, 6.45) is 9.22. The van der Waals surface area contributed by atoms with Crippen LogP contribution in [0.15, 0.2) is 42.4 Å². The number of alkyl halides is 1. The first-order valence-corrected chi connectivity index (χ1v) is 10.3. The van der Waals surface area contributed by atoms with Crippen molar-refractivity contribution in [2.24, 2.45) is 0 Å². The Hall–Kier alpha value is -2.93. The SMILES string of the molecule is C[C@]12CCC[C@](C)(N1)[C@@H](F)/C(=C/c1cnc(-c3cc4ccncc4cc3O)nn1)C2. The molecule has 0 saturated carbocycles. The summed E-state index contributed by atoms with van der Waals surface area (Å²) in [7, 11) is 0. The lowest BCUT2D eigenvalue weighted by molar-refractivity contribution is 0.0555. The number of halogens is 1.